The van der Waals surface area contributed by atoms with Crippen LogP contribution >= 0.6 is 22.7 Å². The average molecular weight is 329 g/mol. The van der Waals surface area contributed by atoms with Gasteiger partial charge >= 0.3 is 0 Å². The van der Waals surface area contributed by atoms with E-state index in [1.54, 1.807) is 35.1 Å². The lowest BCUT2D eigenvalue weighted by atomic mass is 10.1. The van der Waals surface area contributed by atoms with Crippen LogP contribution in [0.4, 0.5) is 0 Å². The Labute approximate surface area is 136 Å². The fourth-order valence-corrected chi connectivity index (χ4v) is 3.53. The number of amides is 1. The Morgan fingerprint density at radius 2 is 2.14 bits per heavy atom. The molecule has 4 nitrogen and oxygen atoms in total. The Morgan fingerprint density at radius 1 is 1.18 bits per heavy atom. The molecule has 3 aromatic heterocycles. The number of hydrogen-bond acceptors (Lipinski definition) is 5. The minimum absolute atomic E-state index is 0.0332. The highest BCUT2D eigenvalue weighted by Crippen LogP contribution is 2.22. The van der Waals surface area contributed by atoms with Crippen LogP contribution in [0.25, 0.3) is 0 Å². The Hall–Kier alpha value is -2.05. The number of thiophene rings is 1. The summed E-state index contributed by atoms with van der Waals surface area (Å²) < 4.78 is 0. The zero-order valence-electron chi connectivity index (χ0n) is 11.8. The molecule has 3 heterocycles. The number of carbonyl (C=O) groups is 1. The summed E-state index contributed by atoms with van der Waals surface area (Å²) in [5.41, 5.74) is 1.98. The first-order chi connectivity index (χ1) is 10.8. The van der Waals surface area contributed by atoms with Crippen molar-refractivity contribution in [2.75, 3.05) is 0 Å². The van der Waals surface area contributed by atoms with Gasteiger partial charge in [-0.3, -0.25) is 9.78 Å². The van der Waals surface area contributed by atoms with Gasteiger partial charge in [0.1, 0.15) is 5.01 Å². The van der Waals surface area contributed by atoms with E-state index in [4.69, 9.17) is 0 Å². The zero-order valence-corrected chi connectivity index (χ0v) is 13.4. The van der Waals surface area contributed by atoms with Gasteiger partial charge in [0.15, 0.2) is 0 Å². The number of nitrogens with one attached hydrogen (secondary N) is 1. The molecule has 0 fully saturated rings. The lowest BCUT2D eigenvalue weighted by Gasteiger charge is -2.16. The van der Waals surface area contributed by atoms with Gasteiger partial charge in [-0.05, 0) is 34.5 Å². The number of nitrogens with zero attached hydrogens (tertiary/aromatic N) is 2. The Kier molecular flexibility index (Phi) is 4.92. The monoisotopic (exact) mass is 329 g/mol. The molecule has 3 rings (SSSR count). The molecular formula is C16H15N3OS2. The van der Waals surface area contributed by atoms with Crippen molar-refractivity contribution in [1.29, 1.82) is 0 Å². The van der Waals surface area contributed by atoms with Crippen molar-refractivity contribution < 1.29 is 4.79 Å². The first kappa shape index (κ1) is 14.9. The van der Waals surface area contributed by atoms with Crippen LogP contribution < -0.4 is 5.32 Å². The third-order valence-electron chi connectivity index (χ3n) is 3.17. The van der Waals surface area contributed by atoms with Crippen LogP contribution in [0.15, 0.2) is 52.8 Å². The number of hydrogen-bond donors (Lipinski definition) is 1. The topological polar surface area (TPSA) is 54.9 Å². The second-order valence-electron chi connectivity index (χ2n) is 4.82. The van der Waals surface area contributed by atoms with Crippen LogP contribution in [0.3, 0.4) is 0 Å². The molecule has 0 aromatic carbocycles. The molecule has 22 heavy (non-hydrogen) atoms. The van der Waals surface area contributed by atoms with E-state index < -0.39 is 0 Å². The predicted octanol–water partition coefficient (Wildman–Crippen LogP) is 3.24. The minimum atomic E-state index is -0.0918. The van der Waals surface area contributed by atoms with Crippen molar-refractivity contribution in [2.24, 2.45) is 0 Å². The van der Waals surface area contributed by atoms with Crippen molar-refractivity contribution in [3.63, 3.8) is 0 Å². The Bertz CT molecular complexity index is 696. The van der Waals surface area contributed by atoms with E-state index in [2.05, 4.69) is 26.7 Å². The van der Waals surface area contributed by atoms with E-state index in [0.717, 1.165) is 17.1 Å². The van der Waals surface area contributed by atoms with Gasteiger partial charge in [0.05, 0.1) is 12.5 Å². The van der Waals surface area contributed by atoms with E-state index in [0.29, 0.717) is 0 Å². The summed E-state index contributed by atoms with van der Waals surface area (Å²) in [4.78, 5) is 20.8. The van der Waals surface area contributed by atoms with E-state index in [1.807, 2.05) is 29.0 Å². The van der Waals surface area contributed by atoms with Gasteiger partial charge in [-0.25, -0.2) is 4.98 Å². The summed E-state index contributed by atoms with van der Waals surface area (Å²) >= 11 is 3.22. The molecule has 0 saturated carbocycles. The van der Waals surface area contributed by atoms with Gasteiger partial charge in [-0.15, -0.1) is 11.3 Å². The molecule has 0 spiro atoms. The van der Waals surface area contributed by atoms with Crippen LogP contribution in [0, 0.1) is 0 Å². The van der Waals surface area contributed by atoms with Gasteiger partial charge in [0.2, 0.25) is 5.91 Å². The quantitative estimate of drug-likeness (QED) is 0.755. The van der Waals surface area contributed by atoms with Crippen LogP contribution in [0.5, 0.6) is 0 Å². The number of thiazole rings is 1. The second kappa shape index (κ2) is 7.29. The van der Waals surface area contributed by atoms with Gasteiger partial charge in [-0.2, -0.15) is 11.3 Å². The van der Waals surface area contributed by atoms with E-state index in [-0.39, 0.29) is 18.4 Å². The molecule has 0 unspecified atom stereocenters. The molecule has 3 aromatic rings. The molecule has 6 heteroatoms. The van der Waals surface area contributed by atoms with Crippen molar-refractivity contribution in [2.45, 2.75) is 18.9 Å². The molecule has 1 atom stereocenters. The highest BCUT2D eigenvalue weighted by molar-refractivity contribution is 7.09. The first-order valence-corrected chi connectivity index (χ1v) is 8.73. The summed E-state index contributed by atoms with van der Waals surface area (Å²) in [6.45, 7) is 0. The Morgan fingerprint density at radius 3 is 2.82 bits per heavy atom. The molecular weight excluding hydrogens is 314 g/mol. The van der Waals surface area contributed by atoms with Gasteiger partial charge in [-0.1, -0.05) is 6.07 Å². The molecule has 112 valence electrons. The summed E-state index contributed by atoms with van der Waals surface area (Å²) in [5.74, 6) is -0.0332. The first-order valence-electron chi connectivity index (χ1n) is 6.91. The van der Waals surface area contributed by atoms with Gasteiger partial charge in [0.25, 0.3) is 0 Å². The molecule has 0 aliphatic rings. The van der Waals surface area contributed by atoms with Crippen molar-refractivity contribution in [1.82, 2.24) is 15.3 Å². The molecule has 0 aliphatic heterocycles. The summed E-state index contributed by atoms with van der Waals surface area (Å²) in [7, 11) is 0. The van der Waals surface area contributed by atoms with Crippen LogP contribution in [0.1, 0.15) is 22.3 Å². The van der Waals surface area contributed by atoms with Crippen LogP contribution in [-0.2, 0) is 17.6 Å². The number of rotatable bonds is 6. The van der Waals surface area contributed by atoms with E-state index >= 15 is 0 Å². The smallest absolute Gasteiger partial charge is 0.226 e. The molecule has 1 N–H and O–H groups in total. The Balaban J connectivity index is 1.68. The number of aromatic nitrogens is 2. The molecule has 0 aliphatic carbocycles. The lowest BCUT2D eigenvalue weighted by Crippen LogP contribution is -2.31. The standard InChI is InChI=1S/C16H15N3OS2/c20-15(10-13-3-1-2-5-17-13)19-14(16-18-6-8-22-16)9-12-4-7-21-11-12/h1-8,11,14H,9-10H2,(H,19,20)/t14-/m0/s1. The maximum Gasteiger partial charge on any atom is 0.226 e. The summed E-state index contributed by atoms with van der Waals surface area (Å²) in [5, 5.41) is 10.1. The molecule has 0 saturated heterocycles. The van der Waals surface area contributed by atoms with Crippen molar-refractivity contribution in [3.05, 3.63) is 69.1 Å². The molecule has 1 amide bonds. The third-order valence-corrected chi connectivity index (χ3v) is 4.79. The summed E-state index contributed by atoms with van der Waals surface area (Å²) in [6, 6.07) is 7.58. The second-order valence-corrected chi connectivity index (χ2v) is 6.53. The highest BCUT2D eigenvalue weighted by atomic mass is 32.1. The highest BCUT2D eigenvalue weighted by Gasteiger charge is 2.18. The maximum atomic E-state index is 12.3. The summed E-state index contributed by atoms with van der Waals surface area (Å²) in [6.07, 6.45) is 4.51. The average Bonchev–Trinajstić information content (AvgIpc) is 3.21. The fourth-order valence-electron chi connectivity index (χ4n) is 2.16. The third kappa shape index (κ3) is 3.99. The minimum Gasteiger partial charge on any atom is -0.346 e. The fraction of sp³-hybridized carbons (Fsp3) is 0.188. The zero-order chi connectivity index (χ0) is 15.2. The predicted molar refractivity (Wildman–Crippen MR) is 89.0 cm³/mol. The maximum absolute atomic E-state index is 12.3. The SMILES string of the molecule is O=C(Cc1ccccn1)N[C@@H](Cc1ccsc1)c1nccs1. The number of carbonyl (C=O) groups excluding carboxylic acids is 1. The normalized spacial score (nSPS) is 12.0. The largest absolute Gasteiger partial charge is 0.346 e. The van der Waals surface area contributed by atoms with Crippen molar-refractivity contribution >= 4 is 28.6 Å². The molecule has 0 radical (unpaired) electrons. The lowest BCUT2D eigenvalue weighted by molar-refractivity contribution is -0.121. The van der Waals surface area contributed by atoms with Crippen molar-refractivity contribution in [3.8, 4) is 0 Å². The van der Waals surface area contributed by atoms with E-state index in [1.165, 1.54) is 5.56 Å². The van der Waals surface area contributed by atoms with Crippen LogP contribution in [-0.4, -0.2) is 15.9 Å². The van der Waals surface area contributed by atoms with Crippen LogP contribution in [0.2, 0.25) is 0 Å². The van der Waals surface area contributed by atoms with Gasteiger partial charge in [0, 0.05) is 29.9 Å². The van der Waals surface area contributed by atoms with Gasteiger partial charge < -0.3 is 5.32 Å². The number of pyridine rings is 1. The molecule has 0 bridgehead atoms. The van der Waals surface area contributed by atoms with E-state index in [9.17, 15) is 4.79 Å².